The summed E-state index contributed by atoms with van der Waals surface area (Å²) < 4.78 is 15.1. The number of halogens is 1. The summed E-state index contributed by atoms with van der Waals surface area (Å²) in [6, 6.07) is 6.76. The molecule has 0 spiro atoms. The molecule has 20 heavy (non-hydrogen) atoms. The Balaban J connectivity index is 2.31. The van der Waals surface area contributed by atoms with Crippen molar-refractivity contribution in [2.75, 3.05) is 18.5 Å². The Morgan fingerprint density at radius 1 is 1.30 bits per heavy atom. The third-order valence-corrected chi connectivity index (χ3v) is 3.52. The van der Waals surface area contributed by atoms with Crippen molar-refractivity contribution in [3.63, 3.8) is 0 Å². The monoisotopic (exact) mass is 276 g/mol. The van der Waals surface area contributed by atoms with Crippen molar-refractivity contribution in [1.29, 1.82) is 0 Å². The molecule has 2 rings (SSSR count). The third-order valence-electron chi connectivity index (χ3n) is 3.52. The summed E-state index contributed by atoms with van der Waals surface area (Å²) in [5.74, 6) is -0.237. The highest BCUT2D eigenvalue weighted by Crippen LogP contribution is 2.26. The van der Waals surface area contributed by atoms with E-state index in [0.717, 1.165) is 11.4 Å². The lowest BCUT2D eigenvalue weighted by atomic mass is 10.1. The lowest BCUT2D eigenvalue weighted by Crippen LogP contribution is -2.32. The minimum atomic E-state index is -0.237. The summed E-state index contributed by atoms with van der Waals surface area (Å²) in [5.41, 5.74) is 7.94. The van der Waals surface area contributed by atoms with Crippen LogP contribution >= 0.6 is 0 Å². The Labute approximate surface area is 119 Å². The van der Waals surface area contributed by atoms with Gasteiger partial charge in [-0.3, -0.25) is 0 Å². The van der Waals surface area contributed by atoms with Crippen LogP contribution in [0.1, 0.15) is 31.6 Å². The predicted molar refractivity (Wildman–Crippen MR) is 79.2 cm³/mol. The van der Waals surface area contributed by atoms with E-state index in [4.69, 9.17) is 5.73 Å². The summed E-state index contributed by atoms with van der Waals surface area (Å²) >= 11 is 0. The molecule has 5 heteroatoms. The molecule has 2 N–H and O–H groups in total. The Hall–Kier alpha value is -1.88. The van der Waals surface area contributed by atoms with Gasteiger partial charge in [0.25, 0.3) is 0 Å². The molecule has 0 amide bonds. The average molecular weight is 276 g/mol. The zero-order valence-corrected chi connectivity index (χ0v) is 12.1. The summed E-state index contributed by atoms with van der Waals surface area (Å²) in [5, 5.41) is 0. The number of hydrogen-bond acceptors (Lipinski definition) is 3. The first-order valence-electron chi connectivity index (χ1n) is 6.74. The molecular formula is C15H21FN4. The van der Waals surface area contributed by atoms with Gasteiger partial charge in [-0.1, -0.05) is 0 Å². The molecular weight excluding hydrogens is 255 g/mol. The minimum absolute atomic E-state index is 0.00496. The molecule has 0 bridgehead atoms. The maximum absolute atomic E-state index is 13.0. The van der Waals surface area contributed by atoms with E-state index < -0.39 is 0 Å². The van der Waals surface area contributed by atoms with Crippen molar-refractivity contribution in [1.82, 2.24) is 9.55 Å². The fourth-order valence-electron chi connectivity index (χ4n) is 2.34. The fraction of sp³-hybridized carbons (Fsp3) is 0.400. The lowest BCUT2D eigenvalue weighted by Gasteiger charge is -2.30. The number of nitrogens with zero attached hydrogens (tertiary/aromatic N) is 3. The van der Waals surface area contributed by atoms with E-state index >= 15 is 0 Å². The van der Waals surface area contributed by atoms with Gasteiger partial charge in [0, 0.05) is 25.3 Å². The molecule has 2 aromatic rings. The second-order valence-electron chi connectivity index (χ2n) is 5.16. The molecule has 0 saturated heterocycles. The zero-order chi connectivity index (χ0) is 14.7. The van der Waals surface area contributed by atoms with Crippen LogP contribution in [0.15, 0.2) is 36.8 Å². The van der Waals surface area contributed by atoms with Crippen LogP contribution in [-0.2, 0) is 0 Å². The van der Waals surface area contributed by atoms with E-state index in [0.29, 0.717) is 12.6 Å². The average Bonchev–Trinajstić information content (AvgIpc) is 2.89. The van der Waals surface area contributed by atoms with E-state index in [9.17, 15) is 4.39 Å². The van der Waals surface area contributed by atoms with Gasteiger partial charge in [0.15, 0.2) is 0 Å². The van der Waals surface area contributed by atoms with Crippen LogP contribution in [0.3, 0.4) is 0 Å². The second kappa shape index (κ2) is 6.05. The van der Waals surface area contributed by atoms with Gasteiger partial charge in [-0.15, -0.1) is 0 Å². The molecule has 1 atom stereocenters. The van der Waals surface area contributed by atoms with Gasteiger partial charge in [-0.25, -0.2) is 9.37 Å². The quantitative estimate of drug-likeness (QED) is 0.913. The van der Waals surface area contributed by atoms with E-state index in [1.165, 1.54) is 12.1 Å². The van der Waals surface area contributed by atoms with Crippen LogP contribution in [0.4, 0.5) is 10.1 Å². The van der Waals surface area contributed by atoms with Gasteiger partial charge < -0.3 is 15.2 Å². The first-order chi connectivity index (χ1) is 9.54. The highest BCUT2D eigenvalue weighted by atomic mass is 19.1. The Morgan fingerprint density at radius 2 is 1.95 bits per heavy atom. The lowest BCUT2D eigenvalue weighted by molar-refractivity contribution is 0.533. The normalized spacial score (nSPS) is 12.7. The van der Waals surface area contributed by atoms with Crippen molar-refractivity contribution >= 4 is 5.69 Å². The number of benzene rings is 1. The Morgan fingerprint density at radius 3 is 2.50 bits per heavy atom. The highest BCUT2D eigenvalue weighted by molar-refractivity contribution is 5.47. The molecule has 1 unspecified atom stereocenters. The van der Waals surface area contributed by atoms with Crippen LogP contribution in [0.5, 0.6) is 0 Å². The summed E-state index contributed by atoms with van der Waals surface area (Å²) in [6.45, 7) is 4.68. The van der Waals surface area contributed by atoms with Crippen LogP contribution in [0.2, 0.25) is 0 Å². The van der Waals surface area contributed by atoms with E-state index in [2.05, 4.69) is 28.3 Å². The van der Waals surface area contributed by atoms with Crippen LogP contribution in [-0.4, -0.2) is 23.1 Å². The SMILES string of the molecule is CC(C)n1cncc1C(CN)N(C)c1ccc(F)cc1. The van der Waals surface area contributed by atoms with E-state index in [1.54, 1.807) is 12.1 Å². The van der Waals surface area contributed by atoms with Crippen LogP contribution in [0.25, 0.3) is 0 Å². The van der Waals surface area contributed by atoms with Gasteiger partial charge in [0.1, 0.15) is 5.82 Å². The number of nitrogens with two attached hydrogens (primary N) is 1. The largest absolute Gasteiger partial charge is 0.365 e. The number of likely N-dealkylation sites (N-methyl/N-ethyl adjacent to an activating group) is 1. The van der Waals surface area contributed by atoms with Crippen molar-refractivity contribution < 1.29 is 4.39 Å². The first kappa shape index (κ1) is 14.5. The standard InChI is InChI=1S/C15H21FN4/c1-11(2)20-10-18-9-15(20)14(8-17)19(3)13-6-4-12(16)5-7-13/h4-7,9-11,14H,8,17H2,1-3H3. The summed E-state index contributed by atoms with van der Waals surface area (Å²) in [4.78, 5) is 6.27. The van der Waals surface area contributed by atoms with Crippen molar-refractivity contribution in [3.8, 4) is 0 Å². The fourth-order valence-corrected chi connectivity index (χ4v) is 2.34. The molecule has 0 aliphatic carbocycles. The summed E-state index contributed by atoms with van der Waals surface area (Å²) in [7, 11) is 1.96. The molecule has 0 aliphatic heterocycles. The van der Waals surface area contributed by atoms with Crippen molar-refractivity contribution in [2.45, 2.75) is 25.9 Å². The van der Waals surface area contributed by atoms with E-state index in [1.807, 2.05) is 19.6 Å². The van der Waals surface area contributed by atoms with Crippen molar-refractivity contribution in [3.05, 3.63) is 48.3 Å². The molecule has 1 aromatic heterocycles. The number of aromatic nitrogens is 2. The number of rotatable bonds is 5. The number of imidazole rings is 1. The second-order valence-corrected chi connectivity index (χ2v) is 5.16. The van der Waals surface area contributed by atoms with Gasteiger partial charge in [-0.2, -0.15) is 0 Å². The maximum Gasteiger partial charge on any atom is 0.123 e. The number of hydrogen-bond donors (Lipinski definition) is 1. The van der Waals surface area contributed by atoms with Gasteiger partial charge >= 0.3 is 0 Å². The van der Waals surface area contributed by atoms with Crippen LogP contribution in [0, 0.1) is 5.82 Å². The first-order valence-corrected chi connectivity index (χ1v) is 6.74. The predicted octanol–water partition coefficient (Wildman–Crippen LogP) is 2.74. The molecule has 108 valence electrons. The molecule has 0 aliphatic rings. The molecule has 0 fully saturated rings. The molecule has 0 saturated carbocycles. The van der Waals surface area contributed by atoms with Gasteiger partial charge in [0.05, 0.1) is 24.3 Å². The minimum Gasteiger partial charge on any atom is -0.365 e. The Bertz CT molecular complexity index is 547. The van der Waals surface area contributed by atoms with Crippen molar-refractivity contribution in [2.24, 2.45) is 5.73 Å². The van der Waals surface area contributed by atoms with E-state index in [-0.39, 0.29) is 11.9 Å². The number of anilines is 1. The third kappa shape index (κ3) is 2.82. The topological polar surface area (TPSA) is 47.1 Å². The highest BCUT2D eigenvalue weighted by Gasteiger charge is 2.20. The molecule has 1 heterocycles. The van der Waals surface area contributed by atoms with Gasteiger partial charge in [-0.05, 0) is 38.1 Å². The summed E-state index contributed by atoms with van der Waals surface area (Å²) in [6.07, 6.45) is 3.67. The Kier molecular flexibility index (Phi) is 4.39. The smallest absolute Gasteiger partial charge is 0.123 e. The maximum atomic E-state index is 13.0. The van der Waals surface area contributed by atoms with Gasteiger partial charge in [0.2, 0.25) is 0 Å². The zero-order valence-electron chi connectivity index (χ0n) is 12.1. The molecule has 1 aromatic carbocycles. The molecule has 0 radical (unpaired) electrons. The van der Waals surface area contributed by atoms with Crippen LogP contribution < -0.4 is 10.6 Å². The molecule has 4 nitrogen and oxygen atoms in total.